The van der Waals surface area contributed by atoms with Gasteiger partial charge in [-0.05, 0) is 72.6 Å². The quantitative estimate of drug-likeness (QED) is 0.373. The molecule has 8 heteroatoms. The molecule has 2 aromatic rings. The minimum Gasteiger partial charge on any atom is -0.334 e. The van der Waals surface area contributed by atoms with Crippen LogP contribution in [0.25, 0.3) is 0 Å². The van der Waals surface area contributed by atoms with Crippen molar-refractivity contribution < 1.29 is 4.92 Å². The molecule has 19 heavy (non-hydrogen) atoms. The van der Waals surface area contributed by atoms with Gasteiger partial charge in [-0.1, -0.05) is 0 Å². The smallest absolute Gasteiger partial charge is 0.312 e. The maximum atomic E-state index is 11.0. The predicted octanol–water partition coefficient (Wildman–Crippen LogP) is 4.86. The molecule has 0 saturated heterocycles. The van der Waals surface area contributed by atoms with Gasteiger partial charge < -0.3 is 5.32 Å². The van der Waals surface area contributed by atoms with E-state index in [1.807, 2.05) is 18.2 Å². The van der Waals surface area contributed by atoms with Crippen LogP contribution in [-0.4, -0.2) is 9.91 Å². The zero-order valence-electron chi connectivity index (χ0n) is 9.23. The lowest BCUT2D eigenvalue weighted by Crippen LogP contribution is -1.99. The maximum Gasteiger partial charge on any atom is 0.312 e. The molecule has 0 spiro atoms. The van der Waals surface area contributed by atoms with Gasteiger partial charge in [0.1, 0.15) is 0 Å². The first-order valence-electron chi connectivity index (χ1n) is 4.99. The SMILES string of the molecule is O=[N+]([O-])c1cc(Br)cnc1Nc1ccc(I)c(Br)c1. The molecule has 0 aliphatic carbocycles. The molecule has 0 atom stereocenters. The van der Waals surface area contributed by atoms with E-state index in [4.69, 9.17) is 0 Å². The zero-order chi connectivity index (χ0) is 14.0. The van der Waals surface area contributed by atoms with Crippen LogP contribution in [0.3, 0.4) is 0 Å². The summed E-state index contributed by atoms with van der Waals surface area (Å²) in [5.41, 5.74) is 0.647. The number of hydrogen-bond acceptors (Lipinski definition) is 4. The van der Waals surface area contributed by atoms with E-state index < -0.39 is 4.92 Å². The molecule has 1 heterocycles. The molecule has 0 amide bonds. The lowest BCUT2D eigenvalue weighted by Gasteiger charge is -2.07. The molecule has 0 bridgehead atoms. The number of hydrogen-bond donors (Lipinski definition) is 1. The van der Waals surface area contributed by atoms with Gasteiger partial charge in [-0.15, -0.1) is 0 Å². The van der Waals surface area contributed by atoms with Crippen LogP contribution in [-0.2, 0) is 0 Å². The largest absolute Gasteiger partial charge is 0.334 e. The van der Waals surface area contributed by atoms with Crippen molar-refractivity contribution >= 4 is 71.6 Å². The fourth-order valence-electron chi connectivity index (χ4n) is 1.37. The fourth-order valence-corrected chi connectivity index (χ4v) is 2.41. The second-order valence-corrected chi connectivity index (χ2v) is 6.46. The van der Waals surface area contributed by atoms with Gasteiger partial charge >= 0.3 is 5.69 Å². The highest BCUT2D eigenvalue weighted by Gasteiger charge is 2.16. The number of aromatic nitrogens is 1. The van der Waals surface area contributed by atoms with Gasteiger partial charge in [-0.25, -0.2) is 4.98 Å². The van der Waals surface area contributed by atoms with Crippen molar-refractivity contribution in [1.82, 2.24) is 4.98 Å². The van der Waals surface area contributed by atoms with E-state index in [-0.39, 0.29) is 11.5 Å². The third-order valence-electron chi connectivity index (χ3n) is 2.21. The Morgan fingerprint density at radius 3 is 2.68 bits per heavy atom. The van der Waals surface area contributed by atoms with E-state index in [1.165, 1.54) is 12.3 Å². The third-order valence-corrected chi connectivity index (χ3v) is 4.98. The molecule has 0 aliphatic heterocycles. The number of rotatable bonds is 3. The normalized spacial score (nSPS) is 10.3. The summed E-state index contributed by atoms with van der Waals surface area (Å²) in [6, 6.07) is 6.99. The summed E-state index contributed by atoms with van der Waals surface area (Å²) in [5.74, 6) is 0.210. The van der Waals surface area contributed by atoms with Crippen molar-refractivity contribution in [2.75, 3.05) is 5.32 Å². The number of anilines is 2. The molecular formula is C11H6Br2IN3O2. The summed E-state index contributed by atoms with van der Waals surface area (Å²) in [6.45, 7) is 0. The Morgan fingerprint density at radius 2 is 2.05 bits per heavy atom. The summed E-state index contributed by atoms with van der Waals surface area (Å²) < 4.78 is 2.54. The first kappa shape index (κ1) is 14.7. The van der Waals surface area contributed by atoms with Crippen LogP contribution in [0.1, 0.15) is 0 Å². The van der Waals surface area contributed by atoms with Crippen LogP contribution in [0.15, 0.2) is 39.4 Å². The number of nitrogens with one attached hydrogen (secondary N) is 1. The molecular weight excluding hydrogens is 493 g/mol. The summed E-state index contributed by atoms with van der Waals surface area (Å²) in [6.07, 6.45) is 1.51. The van der Waals surface area contributed by atoms with Gasteiger partial charge in [0, 0.05) is 30.5 Å². The number of pyridine rings is 1. The molecule has 0 radical (unpaired) electrons. The first-order valence-corrected chi connectivity index (χ1v) is 7.66. The van der Waals surface area contributed by atoms with E-state index in [1.54, 1.807) is 0 Å². The van der Waals surface area contributed by atoms with E-state index >= 15 is 0 Å². The Kier molecular flexibility index (Phi) is 4.74. The molecule has 98 valence electrons. The highest BCUT2D eigenvalue weighted by molar-refractivity contribution is 14.1. The fraction of sp³-hybridized carbons (Fsp3) is 0. The molecule has 2 rings (SSSR count). The summed E-state index contributed by atoms with van der Waals surface area (Å²) >= 11 is 8.77. The molecule has 1 aromatic carbocycles. The summed E-state index contributed by atoms with van der Waals surface area (Å²) in [4.78, 5) is 14.5. The third kappa shape index (κ3) is 3.63. The second kappa shape index (κ2) is 6.14. The second-order valence-electron chi connectivity index (χ2n) is 3.53. The molecule has 0 saturated carbocycles. The summed E-state index contributed by atoms with van der Waals surface area (Å²) in [5, 5.41) is 13.9. The van der Waals surface area contributed by atoms with Gasteiger partial charge in [0.2, 0.25) is 5.82 Å². The molecule has 0 fully saturated rings. The van der Waals surface area contributed by atoms with E-state index in [9.17, 15) is 10.1 Å². The monoisotopic (exact) mass is 497 g/mol. The van der Waals surface area contributed by atoms with Crippen molar-refractivity contribution in [2.24, 2.45) is 0 Å². The number of nitro groups is 1. The van der Waals surface area contributed by atoms with Crippen LogP contribution in [0.2, 0.25) is 0 Å². The van der Waals surface area contributed by atoms with Crippen LogP contribution >= 0.6 is 54.5 Å². The van der Waals surface area contributed by atoms with Gasteiger partial charge in [0.15, 0.2) is 0 Å². The Morgan fingerprint density at radius 1 is 1.32 bits per heavy atom. The average Bonchev–Trinajstić information content (AvgIpc) is 2.36. The predicted molar refractivity (Wildman–Crippen MR) is 88.7 cm³/mol. The Labute approximate surface area is 139 Å². The van der Waals surface area contributed by atoms with Crippen molar-refractivity contribution in [2.45, 2.75) is 0 Å². The Balaban J connectivity index is 2.37. The highest BCUT2D eigenvalue weighted by Crippen LogP contribution is 2.30. The van der Waals surface area contributed by atoms with E-state index in [0.717, 1.165) is 13.7 Å². The minimum absolute atomic E-state index is 0.0796. The van der Waals surface area contributed by atoms with Gasteiger partial charge in [-0.3, -0.25) is 10.1 Å². The lowest BCUT2D eigenvalue weighted by molar-refractivity contribution is -0.384. The standard InChI is InChI=1S/C11H6Br2IN3O2/c12-6-3-10(17(18)19)11(15-5-6)16-7-1-2-9(14)8(13)4-7/h1-5H,(H,15,16). The summed E-state index contributed by atoms with van der Waals surface area (Å²) in [7, 11) is 0. The van der Waals surface area contributed by atoms with Crippen LogP contribution in [0, 0.1) is 13.7 Å². The minimum atomic E-state index is -0.470. The zero-order valence-corrected chi connectivity index (χ0v) is 14.6. The maximum absolute atomic E-state index is 11.0. The number of nitrogens with zero attached hydrogens (tertiary/aromatic N) is 2. The van der Waals surface area contributed by atoms with Crippen molar-refractivity contribution in [3.63, 3.8) is 0 Å². The lowest BCUT2D eigenvalue weighted by atomic mass is 10.3. The first-order chi connectivity index (χ1) is 8.97. The average molecular weight is 499 g/mol. The van der Waals surface area contributed by atoms with Crippen molar-refractivity contribution in [3.8, 4) is 0 Å². The van der Waals surface area contributed by atoms with Crippen molar-refractivity contribution in [1.29, 1.82) is 0 Å². The van der Waals surface area contributed by atoms with Crippen molar-refractivity contribution in [3.05, 3.63) is 53.1 Å². The topological polar surface area (TPSA) is 68.1 Å². The Bertz CT molecular complexity index is 652. The van der Waals surface area contributed by atoms with Crippen LogP contribution < -0.4 is 5.32 Å². The van der Waals surface area contributed by atoms with Gasteiger partial charge in [0.05, 0.1) is 4.92 Å². The molecule has 0 aliphatic rings. The molecule has 1 aromatic heterocycles. The molecule has 0 unspecified atom stereocenters. The van der Waals surface area contributed by atoms with Crippen LogP contribution in [0.5, 0.6) is 0 Å². The number of halogens is 3. The van der Waals surface area contributed by atoms with Gasteiger partial charge in [-0.2, -0.15) is 0 Å². The highest BCUT2D eigenvalue weighted by atomic mass is 127. The van der Waals surface area contributed by atoms with E-state index in [2.05, 4.69) is 64.8 Å². The number of benzene rings is 1. The molecule has 1 N–H and O–H groups in total. The van der Waals surface area contributed by atoms with Gasteiger partial charge in [0.25, 0.3) is 0 Å². The molecule has 5 nitrogen and oxygen atoms in total. The van der Waals surface area contributed by atoms with Crippen LogP contribution in [0.4, 0.5) is 17.2 Å². The van der Waals surface area contributed by atoms with E-state index in [0.29, 0.717) is 4.47 Å². The Hall–Kier alpha value is -0.740.